The Morgan fingerprint density at radius 3 is 2.71 bits per heavy atom. The Balaban J connectivity index is 1.70. The molecule has 2 heterocycles. The molecule has 0 saturated carbocycles. The molecule has 0 amide bonds. The second-order valence-corrected chi connectivity index (χ2v) is 4.95. The number of hydrogen-bond acceptors (Lipinski definition) is 3. The van der Waals surface area contributed by atoms with Crippen LogP contribution >= 0.6 is 0 Å². The van der Waals surface area contributed by atoms with E-state index in [0.29, 0.717) is 0 Å². The second-order valence-electron chi connectivity index (χ2n) is 4.95. The molecule has 0 saturated heterocycles. The zero-order valence-corrected chi connectivity index (χ0v) is 12.0. The number of nitrogens with one attached hydrogen (secondary N) is 1. The third kappa shape index (κ3) is 3.17. The maximum absolute atomic E-state index is 4.40. The summed E-state index contributed by atoms with van der Waals surface area (Å²) in [5.74, 6) is 0. The molecule has 0 spiro atoms. The summed E-state index contributed by atoms with van der Waals surface area (Å²) in [5.41, 5.74) is 4.63. The summed E-state index contributed by atoms with van der Waals surface area (Å²) >= 11 is 0. The number of aryl methyl sites for hydroxylation is 1. The molecule has 0 bridgehead atoms. The highest BCUT2D eigenvalue weighted by atomic mass is 15.3. The molecule has 0 atom stereocenters. The molecule has 106 valence electrons. The van der Waals surface area contributed by atoms with Crippen LogP contribution in [0.25, 0.3) is 5.69 Å². The van der Waals surface area contributed by atoms with E-state index >= 15 is 0 Å². The van der Waals surface area contributed by atoms with Gasteiger partial charge in [-0.3, -0.25) is 4.98 Å². The highest BCUT2D eigenvalue weighted by molar-refractivity contribution is 5.40. The van der Waals surface area contributed by atoms with Gasteiger partial charge in [0.2, 0.25) is 0 Å². The minimum atomic E-state index is 0.764. The first-order valence-corrected chi connectivity index (χ1v) is 7.04. The topological polar surface area (TPSA) is 42.7 Å². The first-order chi connectivity index (χ1) is 10.3. The van der Waals surface area contributed by atoms with Gasteiger partial charge >= 0.3 is 0 Å². The van der Waals surface area contributed by atoms with Crippen LogP contribution in [-0.2, 0) is 13.1 Å². The van der Waals surface area contributed by atoms with Crippen LogP contribution < -0.4 is 5.32 Å². The van der Waals surface area contributed by atoms with Gasteiger partial charge < -0.3 is 5.32 Å². The maximum atomic E-state index is 4.40. The number of pyridine rings is 1. The van der Waals surface area contributed by atoms with Gasteiger partial charge in [0.05, 0.1) is 11.4 Å². The van der Waals surface area contributed by atoms with E-state index < -0.39 is 0 Å². The molecule has 3 rings (SSSR count). The van der Waals surface area contributed by atoms with Gasteiger partial charge in [0, 0.05) is 31.7 Å². The fourth-order valence-corrected chi connectivity index (χ4v) is 2.31. The zero-order valence-electron chi connectivity index (χ0n) is 12.0. The molecule has 4 nitrogen and oxygen atoms in total. The fraction of sp³-hybridized carbons (Fsp3) is 0.176. The highest BCUT2D eigenvalue weighted by Crippen LogP contribution is 2.13. The number of nitrogens with zero attached hydrogens (tertiary/aromatic N) is 3. The summed E-state index contributed by atoms with van der Waals surface area (Å²) in [5, 5.41) is 7.76. The van der Waals surface area contributed by atoms with Gasteiger partial charge in [-0.2, -0.15) is 5.10 Å². The van der Waals surface area contributed by atoms with Crippen LogP contribution in [-0.4, -0.2) is 14.8 Å². The third-order valence-corrected chi connectivity index (χ3v) is 3.47. The Hall–Kier alpha value is -2.46. The van der Waals surface area contributed by atoms with Crippen molar-refractivity contribution in [2.24, 2.45) is 0 Å². The van der Waals surface area contributed by atoms with Crippen molar-refractivity contribution < 1.29 is 0 Å². The van der Waals surface area contributed by atoms with E-state index in [4.69, 9.17) is 0 Å². The summed E-state index contributed by atoms with van der Waals surface area (Å²) < 4.78 is 1.89. The lowest BCUT2D eigenvalue weighted by atomic mass is 10.1. The quantitative estimate of drug-likeness (QED) is 0.780. The minimum Gasteiger partial charge on any atom is -0.307 e. The molecule has 0 aliphatic carbocycles. The van der Waals surface area contributed by atoms with Gasteiger partial charge in [0.25, 0.3) is 0 Å². The van der Waals surface area contributed by atoms with Gasteiger partial charge in [-0.25, -0.2) is 4.68 Å². The predicted molar refractivity (Wildman–Crippen MR) is 83.1 cm³/mol. The summed E-state index contributed by atoms with van der Waals surface area (Å²) in [6.07, 6.45) is 5.59. The van der Waals surface area contributed by atoms with Crippen molar-refractivity contribution in [2.45, 2.75) is 20.0 Å². The van der Waals surface area contributed by atoms with E-state index in [0.717, 1.165) is 24.5 Å². The number of hydrogen-bond donors (Lipinski definition) is 1. The van der Waals surface area contributed by atoms with E-state index in [1.807, 2.05) is 35.3 Å². The normalized spacial score (nSPS) is 10.7. The van der Waals surface area contributed by atoms with Crippen molar-refractivity contribution in [3.8, 4) is 5.69 Å². The van der Waals surface area contributed by atoms with Gasteiger partial charge in [-0.15, -0.1) is 0 Å². The monoisotopic (exact) mass is 278 g/mol. The number of aromatic nitrogens is 3. The van der Waals surface area contributed by atoms with E-state index in [9.17, 15) is 0 Å². The van der Waals surface area contributed by atoms with Crippen LogP contribution in [0.1, 0.15) is 16.8 Å². The lowest BCUT2D eigenvalue weighted by molar-refractivity contribution is 0.670. The van der Waals surface area contributed by atoms with Crippen molar-refractivity contribution in [1.82, 2.24) is 20.1 Å². The lowest BCUT2D eigenvalue weighted by Gasteiger charge is -2.11. The van der Waals surface area contributed by atoms with E-state index in [-0.39, 0.29) is 0 Å². The van der Waals surface area contributed by atoms with Gasteiger partial charge in [-0.1, -0.05) is 24.3 Å². The molecule has 0 aliphatic rings. The minimum absolute atomic E-state index is 0.764. The smallest absolute Gasteiger partial charge is 0.0690 e. The summed E-state index contributed by atoms with van der Waals surface area (Å²) in [6, 6.07) is 14.3. The molecule has 2 aromatic heterocycles. The highest BCUT2D eigenvalue weighted by Gasteiger charge is 2.04. The van der Waals surface area contributed by atoms with Crippen molar-refractivity contribution in [3.63, 3.8) is 0 Å². The number of benzene rings is 1. The number of para-hydroxylation sites is 1. The Morgan fingerprint density at radius 1 is 1.00 bits per heavy atom. The van der Waals surface area contributed by atoms with Gasteiger partial charge in [0.1, 0.15) is 0 Å². The van der Waals surface area contributed by atoms with Crippen molar-refractivity contribution >= 4 is 0 Å². The fourth-order valence-electron chi connectivity index (χ4n) is 2.31. The molecule has 4 heteroatoms. The molecule has 1 aromatic carbocycles. The first kappa shape index (κ1) is 13.5. The Bertz CT molecular complexity index is 704. The second kappa shape index (κ2) is 6.33. The average molecular weight is 278 g/mol. The number of rotatable bonds is 5. The van der Waals surface area contributed by atoms with Crippen molar-refractivity contribution in [2.75, 3.05) is 0 Å². The standard InChI is InChI=1S/C17H18N4/c1-14-6-4-9-19-16(14)13-18-12-15-7-2-3-8-17(15)21-11-5-10-20-21/h2-11,18H,12-13H2,1H3. The van der Waals surface area contributed by atoms with E-state index in [2.05, 4.69) is 46.6 Å². The van der Waals surface area contributed by atoms with Crippen LogP contribution in [0.2, 0.25) is 0 Å². The molecular formula is C17H18N4. The predicted octanol–water partition coefficient (Wildman–Crippen LogP) is 2.87. The first-order valence-electron chi connectivity index (χ1n) is 7.04. The zero-order chi connectivity index (χ0) is 14.5. The van der Waals surface area contributed by atoms with Crippen LogP contribution in [0, 0.1) is 6.92 Å². The Morgan fingerprint density at radius 2 is 1.90 bits per heavy atom. The molecule has 21 heavy (non-hydrogen) atoms. The molecule has 0 fully saturated rings. The molecule has 0 unspecified atom stereocenters. The van der Waals surface area contributed by atoms with Crippen LogP contribution in [0.3, 0.4) is 0 Å². The van der Waals surface area contributed by atoms with Crippen LogP contribution in [0.5, 0.6) is 0 Å². The molecule has 3 aromatic rings. The largest absolute Gasteiger partial charge is 0.307 e. The van der Waals surface area contributed by atoms with E-state index in [1.54, 1.807) is 6.20 Å². The van der Waals surface area contributed by atoms with Crippen molar-refractivity contribution in [3.05, 3.63) is 77.9 Å². The van der Waals surface area contributed by atoms with Gasteiger partial charge in [-0.05, 0) is 36.2 Å². The van der Waals surface area contributed by atoms with Crippen molar-refractivity contribution in [1.29, 1.82) is 0 Å². The summed E-state index contributed by atoms with van der Waals surface area (Å²) in [7, 11) is 0. The lowest BCUT2D eigenvalue weighted by Crippen LogP contribution is -2.16. The van der Waals surface area contributed by atoms with Crippen LogP contribution in [0.15, 0.2) is 61.1 Å². The Kier molecular flexibility index (Phi) is 4.07. The van der Waals surface area contributed by atoms with E-state index in [1.165, 1.54) is 11.1 Å². The Labute approximate surface area is 124 Å². The van der Waals surface area contributed by atoms with Crippen LogP contribution in [0.4, 0.5) is 0 Å². The average Bonchev–Trinajstić information content (AvgIpc) is 3.04. The molecule has 0 radical (unpaired) electrons. The molecular weight excluding hydrogens is 260 g/mol. The maximum Gasteiger partial charge on any atom is 0.0690 e. The third-order valence-electron chi connectivity index (χ3n) is 3.47. The van der Waals surface area contributed by atoms with Gasteiger partial charge in [0.15, 0.2) is 0 Å². The molecule has 0 aliphatic heterocycles. The molecule has 1 N–H and O–H groups in total. The summed E-state index contributed by atoms with van der Waals surface area (Å²) in [4.78, 5) is 4.40. The summed E-state index contributed by atoms with van der Waals surface area (Å²) in [6.45, 7) is 3.63. The SMILES string of the molecule is Cc1cccnc1CNCc1ccccc1-n1cccn1.